The van der Waals surface area contributed by atoms with Crippen molar-refractivity contribution in [3.05, 3.63) is 24.3 Å². The van der Waals surface area contributed by atoms with Gasteiger partial charge in [-0.25, -0.2) is 4.79 Å². The van der Waals surface area contributed by atoms with E-state index in [0.717, 1.165) is 12.2 Å². The highest BCUT2D eigenvalue weighted by atomic mass is 16.5. The van der Waals surface area contributed by atoms with Crippen molar-refractivity contribution in [2.45, 2.75) is 25.8 Å². The summed E-state index contributed by atoms with van der Waals surface area (Å²) < 4.78 is 15.9. The Balaban J connectivity index is 2.58. The maximum atomic E-state index is 11.7. The van der Waals surface area contributed by atoms with Gasteiger partial charge in [0, 0.05) is 0 Å². The third-order valence-corrected chi connectivity index (χ3v) is 3.01. The van der Waals surface area contributed by atoms with Crippen LogP contribution < -0.4 is 14.8 Å². The number of carbonyl (C=O) groups is 1. The number of ether oxygens (including phenoxy) is 3. The molecule has 1 aromatic carbocycles. The van der Waals surface area contributed by atoms with Gasteiger partial charge in [0.15, 0.2) is 0 Å². The number of carbonyl (C=O) groups excluding carboxylic acids is 1. The van der Waals surface area contributed by atoms with Crippen molar-refractivity contribution in [1.82, 2.24) is 5.32 Å². The summed E-state index contributed by atoms with van der Waals surface area (Å²) in [6.07, 6.45) is 0.970. The van der Waals surface area contributed by atoms with E-state index >= 15 is 0 Å². The zero-order chi connectivity index (χ0) is 15.0. The van der Waals surface area contributed by atoms with E-state index in [2.05, 4.69) is 12.2 Å². The van der Waals surface area contributed by atoms with Gasteiger partial charge in [-0.3, -0.25) is 0 Å². The molecule has 1 unspecified atom stereocenters. The number of benzene rings is 1. The molecular weight excluding hydrogens is 258 g/mol. The molecule has 20 heavy (non-hydrogen) atoms. The number of rotatable bonds is 8. The molecule has 1 aromatic rings. The summed E-state index contributed by atoms with van der Waals surface area (Å²) in [5, 5.41) is 2.91. The molecule has 0 aliphatic heterocycles. The van der Waals surface area contributed by atoms with Crippen molar-refractivity contribution < 1.29 is 19.0 Å². The Hall–Kier alpha value is -1.75. The van der Waals surface area contributed by atoms with Crippen LogP contribution >= 0.6 is 0 Å². The fourth-order valence-electron chi connectivity index (χ4n) is 1.54. The lowest BCUT2D eigenvalue weighted by atomic mass is 10.1. The van der Waals surface area contributed by atoms with Crippen molar-refractivity contribution >= 4 is 5.97 Å². The molecule has 1 N–H and O–H groups in total. The number of methoxy groups -OCH3 is 1. The molecule has 5 heteroatoms. The number of nitrogens with one attached hydrogen (secondary N) is 1. The van der Waals surface area contributed by atoms with Crippen LogP contribution in [0.4, 0.5) is 0 Å². The first-order valence-corrected chi connectivity index (χ1v) is 6.68. The normalized spacial score (nSPS) is 13.4. The molecule has 0 heterocycles. The minimum atomic E-state index is -0.869. The zero-order valence-electron chi connectivity index (χ0n) is 12.6. The highest BCUT2D eigenvalue weighted by Crippen LogP contribution is 2.19. The standard InChI is InChI=1S/C15H23NO4/c1-5-10-19-12-6-8-13(9-7-12)20-11-15(2,16-3)14(17)18-4/h6-9,16H,5,10-11H2,1-4H3. The predicted molar refractivity (Wildman–Crippen MR) is 77.2 cm³/mol. The van der Waals surface area contributed by atoms with Crippen LogP contribution in [0.15, 0.2) is 24.3 Å². The number of esters is 1. The Morgan fingerprint density at radius 1 is 1.20 bits per heavy atom. The summed E-state index contributed by atoms with van der Waals surface area (Å²) in [6, 6.07) is 7.33. The van der Waals surface area contributed by atoms with Crippen molar-refractivity contribution in [1.29, 1.82) is 0 Å². The zero-order valence-corrected chi connectivity index (χ0v) is 12.6. The minimum Gasteiger partial charge on any atom is -0.494 e. The first-order valence-electron chi connectivity index (χ1n) is 6.68. The summed E-state index contributed by atoms with van der Waals surface area (Å²) in [4.78, 5) is 11.7. The fourth-order valence-corrected chi connectivity index (χ4v) is 1.54. The third kappa shape index (κ3) is 4.42. The quantitative estimate of drug-likeness (QED) is 0.739. The highest BCUT2D eigenvalue weighted by Gasteiger charge is 2.33. The summed E-state index contributed by atoms with van der Waals surface area (Å²) in [6.45, 7) is 4.67. The van der Waals surface area contributed by atoms with E-state index in [9.17, 15) is 4.79 Å². The summed E-state index contributed by atoms with van der Waals surface area (Å²) in [7, 11) is 3.06. The van der Waals surface area contributed by atoms with Crippen molar-refractivity contribution in [2.75, 3.05) is 27.4 Å². The van der Waals surface area contributed by atoms with E-state index in [1.165, 1.54) is 7.11 Å². The van der Waals surface area contributed by atoms with E-state index in [-0.39, 0.29) is 12.6 Å². The largest absolute Gasteiger partial charge is 0.494 e. The Kier molecular flexibility index (Phi) is 6.31. The van der Waals surface area contributed by atoms with Crippen LogP contribution in [0.1, 0.15) is 20.3 Å². The topological polar surface area (TPSA) is 56.8 Å². The van der Waals surface area contributed by atoms with Gasteiger partial charge < -0.3 is 19.5 Å². The fraction of sp³-hybridized carbons (Fsp3) is 0.533. The maximum Gasteiger partial charge on any atom is 0.329 e. The molecule has 0 bridgehead atoms. The molecular formula is C15H23NO4. The van der Waals surface area contributed by atoms with Crippen molar-refractivity contribution in [2.24, 2.45) is 0 Å². The lowest BCUT2D eigenvalue weighted by molar-refractivity contribution is -0.148. The SMILES string of the molecule is CCCOc1ccc(OCC(C)(NC)C(=O)OC)cc1. The second-order valence-electron chi connectivity index (χ2n) is 4.68. The number of hydrogen-bond donors (Lipinski definition) is 1. The van der Waals surface area contributed by atoms with E-state index in [4.69, 9.17) is 14.2 Å². The molecule has 0 spiro atoms. The Labute approximate surface area is 120 Å². The summed E-state index contributed by atoms with van der Waals surface area (Å²) in [5.74, 6) is 1.13. The number of hydrogen-bond acceptors (Lipinski definition) is 5. The van der Waals surface area contributed by atoms with Gasteiger partial charge in [0.2, 0.25) is 0 Å². The van der Waals surface area contributed by atoms with Crippen LogP contribution in [-0.2, 0) is 9.53 Å². The van der Waals surface area contributed by atoms with Gasteiger partial charge >= 0.3 is 5.97 Å². The minimum absolute atomic E-state index is 0.186. The van der Waals surface area contributed by atoms with Crippen molar-refractivity contribution in [3.8, 4) is 11.5 Å². The third-order valence-electron chi connectivity index (χ3n) is 3.01. The summed E-state index contributed by atoms with van der Waals surface area (Å²) in [5.41, 5.74) is -0.869. The van der Waals surface area contributed by atoms with Gasteiger partial charge in [-0.05, 0) is 44.7 Å². The second kappa shape index (κ2) is 7.75. The van der Waals surface area contributed by atoms with Crippen LogP contribution in [-0.4, -0.2) is 38.9 Å². The van der Waals surface area contributed by atoms with E-state index < -0.39 is 5.54 Å². The molecule has 1 atom stereocenters. The molecule has 0 aliphatic carbocycles. The monoisotopic (exact) mass is 281 g/mol. The molecule has 0 saturated carbocycles. The van der Waals surface area contributed by atoms with E-state index in [1.807, 2.05) is 24.3 Å². The first kappa shape index (κ1) is 16.3. The molecule has 0 aliphatic rings. The van der Waals surface area contributed by atoms with E-state index in [0.29, 0.717) is 12.4 Å². The van der Waals surface area contributed by atoms with E-state index in [1.54, 1.807) is 14.0 Å². The smallest absolute Gasteiger partial charge is 0.329 e. The molecule has 5 nitrogen and oxygen atoms in total. The molecule has 0 aromatic heterocycles. The van der Waals surface area contributed by atoms with Gasteiger partial charge in [-0.2, -0.15) is 0 Å². The summed E-state index contributed by atoms with van der Waals surface area (Å²) >= 11 is 0. The first-order chi connectivity index (χ1) is 9.55. The number of likely N-dealkylation sites (N-methyl/N-ethyl adjacent to an activating group) is 1. The highest BCUT2D eigenvalue weighted by molar-refractivity contribution is 5.80. The van der Waals surface area contributed by atoms with Crippen LogP contribution in [0, 0.1) is 0 Å². The van der Waals surface area contributed by atoms with Crippen LogP contribution in [0.25, 0.3) is 0 Å². The van der Waals surface area contributed by atoms with Crippen LogP contribution in [0.5, 0.6) is 11.5 Å². The molecule has 1 rings (SSSR count). The van der Waals surface area contributed by atoms with Gasteiger partial charge in [0.05, 0.1) is 13.7 Å². The van der Waals surface area contributed by atoms with Crippen LogP contribution in [0.3, 0.4) is 0 Å². The molecule has 0 fully saturated rings. The van der Waals surface area contributed by atoms with Gasteiger partial charge in [0.1, 0.15) is 23.6 Å². The average Bonchev–Trinajstić information content (AvgIpc) is 2.50. The van der Waals surface area contributed by atoms with Gasteiger partial charge in [0.25, 0.3) is 0 Å². The predicted octanol–water partition coefficient (Wildman–Crippen LogP) is 2.01. The molecule has 0 saturated heterocycles. The lowest BCUT2D eigenvalue weighted by Gasteiger charge is -2.25. The van der Waals surface area contributed by atoms with Gasteiger partial charge in [-0.15, -0.1) is 0 Å². The van der Waals surface area contributed by atoms with Crippen LogP contribution in [0.2, 0.25) is 0 Å². The Morgan fingerprint density at radius 2 is 1.75 bits per heavy atom. The average molecular weight is 281 g/mol. The van der Waals surface area contributed by atoms with Crippen molar-refractivity contribution in [3.63, 3.8) is 0 Å². The Morgan fingerprint density at radius 3 is 2.20 bits per heavy atom. The second-order valence-corrected chi connectivity index (χ2v) is 4.68. The molecule has 0 amide bonds. The maximum absolute atomic E-state index is 11.7. The molecule has 0 radical (unpaired) electrons. The molecule has 112 valence electrons. The van der Waals surface area contributed by atoms with Gasteiger partial charge in [-0.1, -0.05) is 6.92 Å². The Bertz CT molecular complexity index is 418. The lowest BCUT2D eigenvalue weighted by Crippen LogP contribution is -2.52.